The van der Waals surface area contributed by atoms with Crippen LogP contribution in [0.25, 0.3) is 28.1 Å². The number of pyridine rings is 1. The number of hydrogen-bond donors (Lipinski definition) is 1. The third kappa shape index (κ3) is 3.07. The Balaban J connectivity index is 1.78. The van der Waals surface area contributed by atoms with E-state index in [1.807, 2.05) is 48.5 Å². The van der Waals surface area contributed by atoms with Crippen molar-refractivity contribution in [2.45, 2.75) is 6.92 Å². The van der Waals surface area contributed by atoms with Gasteiger partial charge in [0.15, 0.2) is 5.78 Å². The molecule has 0 bridgehead atoms. The van der Waals surface area contributed by atoms with Crippen molar-refractivity contribution in [3.8, 4) is 0 Å². The molecule has 0 fully saturated rings. The largest absolute Gasteiger partial charge is 0.444 e. The Morgan fingerprint density at radius 2 is 1.92 bits per heavy atom. The number of allylic oxidation sites excluding steroid dienone is 1. The number of fused-ring (bicyclic) bond motifs is 2. The van der Waals surface area contributed by atoms with Crippen LogP contribution in [0.3, 0.4) is 0 Å². The Hall–Kier alpha value is -3.11. The Morgan fingerprint density at radius 3 is 2.69 bits per heavy atom. The fraction of sp³-hybridized carbons (Fsp3) is 0.0476. The summed E-state index contributed by atoms with van der Waals surface area (Å²) in [6.07, 6.45) is 4.84. The zero-order valence-corrected chi connectivity index (χ0v) is 14.7. The summed E-state index contributed by atoms with van der Waals surface area (Å²) < 4.78 is 5.48. The van der Waals surface area contributed by atoms with Crippen LogP contribution < -0.4 is 5.32 Å². The van der Waals surface area contributed by atoms with Crippen molar-refractivity contribution in [2.75, 3.05) is 5.32 Å². The van der Waals surface area contributed by atoms with Crippen LogP contribution in [-0.2, 0) is 4.79 Å². The molecule has 0 atom stereocenters. The lowest BCUT2D eigenvalue weighted by Gasteiger charge is -2.11. The molecule has 4 nitrogen and oxygen atoms in total. The van der Waals surface area contributed by atoms with Crippen molar-refractivity contribution < 1.29 is 9.21 Å². The van der Waals surface area contributed by atoms with Crippen LogP contribution in [0.15, 0.2) is 65.3 Å². The van der Waals surface area contributed by atoms with E-state index in [-0.39, 0.29) is 5.78 Å². The van der Waals surface area contributed by atoms with Gasteiger partial charge in [0.2, 0.25) is 5.71 Å². The minimum Gasteiger partial charge on any atom is -0.444 e. The van der Waals surface area contributed by atoms with E-state index < -0.39 is 0 Å². The molecule has 2 aromatic carbocycles. The first kappa shape index (κ1) is 16.4. The number of aromatic nitrogens is 1. The molecular formula is C21H15ClN2O2. The second-order valence-corrected chi connectivity index (χ2v) is 6.37. The molecule has 0 aliphatic rings. The van der Waals surface area contributed by atoms with Gasteiger partial charge >= 0.3 is 0 Å². The third-order valence-electron chi connectivity index (χ3n) is 4.06. The second kappa shape index (κ2) is 6.65. The van der Waals surface area contributed by atoms with Gasteiger partial charge in [-0.25, -0.2) is 4.98 Å². The Labute approximate surface area is 155 Å². The van der Waals surface area contributed by atoms with Gasteiger partial charge in [-0.2, -0.15) is 0 Å². The summed E-state index contributed by atoms with van der Waals surface area (Å²) in [4.78, 5) is 15.6. The Kier molecular flexibility index (Phi) is 4.19. The van der Waals surface area contributed by atoms with Gasteiger partial charge in [-0.3, -0.25) is 4.79 Å². The van der Waals surface area contributed by atoms with Gasteiger partial charge in [0.05, 0.1) is 21.6 Å². The van der Waals surface area contributed by atoms with Gasteiger partial charge in [0.25, 0.3) is 0 Å². The minimum absolute atomic E-state index is 0.0208. The van der Waals surface area contributed by atoms with E-state index in [4.69, 9.17) is 16.0 Å². The minimum atomic E-state index is 0.0208. The molecule has 5 heteroatoms. The maximum atomic E-state index is 11.1. The monoisotopic (exact) mass is 362 g/mol. The molecule has 4 rings (SSSR count). The maximum absolute atomic E-state index is 11.1. The summed E-state index contributed by atoms with van der Waals surface area (Å²) in [6, 6.07) is 15.6. The van der Waals surface area contributed by atoms with E-state index in [1.54, 1.807) is 12.2 Å². The van der Waals surface area contributed by atoms with Crippen molar-refractivity contribution >= 4 is 56.8 Å². The van der Waals surface area contributed by atoms with Crippen LogP contribution in [0, 0.1) is 0 Å². The molecule has 0 spiro atoms. The molecule has 2 heterocycles. The van der Waals surface area contributed by atoms with E-state index in [9.17, 15) is 4.79 Å². The number of carbonyl (C=O) groups excluding carboxylic acids is 1. The fourth-order valence-corrected chi connectivity index (χ4v) is 3.05. The van der Waals surface area contributed by atoms with E-state index in [0.29, 0.717) is 10.7 Å². The number of nitrogens with one attached hydrogen (secondary N) is 1. The number of hydrogen-bond acceptors (Lipinski definition) is 4. The highest BCUT2D eigenvalue weighted by atomic mass is 35.5. The summed E-state index contributed by atoms with van der Waals surface area (Å²) >= 11 is 6.33. The predicted octanol–water partition coefficient (Wildman–Crippen LogP) is 5.98. The molecular weight excluding hydrogens is 348 g/mol. The summed E-state index contributed by atoms with van der Waals surface area (Å²) in [5, 5.41) is 5.67. The first-order chi connectivity index (χ1) is 12.6. The second-order valence-electron chi connectivity index (χ2n) is 5.96. The number of rotatable bonds is 4. The SMILES string of the molecule is CC(=O)/C=C/c1ccc(Nc2c3ccccc3nc3occ(Cl)c23)cc1. The van der Waals surface area contributed by atoms with Gasteiger partial charge in [-0.1, -0.05) is 48.0 Å². The van der Waals surface area contributed by atoms with Crippen LogP contribution in [0.2, 0.25) is 5.02 Å². The van der Waals surface area contributed by atoms with Crippen molar-refractivity contribution in [3.05, 3.63) is 71.5 Å². The molecule has 0 aliphatic heterocycles. The van der Waals surface area contributed by atoms with Crippen LogP contribution in [-0.4, -0.2) is 10.8 Å². The number of ketones is 1. The first-order valence-electron chi connectivity index (χ1n) is 8.13. The van der Waals surface area contributed by atoms with Crippen LogP contribution in [0.4, 0.5) is 11.4 Å². The lowest BCUT2D eigenvalue weighted by atomic mass is 10.1. The number of anilines is 2. The topological polar surface area (TPSA) is 55.1 Å². The standard InChI is InChI=1S/C21H15ClN2O2/c1-13(25)6-7-14-8-10-15(11-9-14)23-20-16-4-2-3-5-18(16)24-21-19(20)17(22)12-26-21/h2-12H,1H3,(H,23,24)/b7-6+. The summed E-state index contributed by atoms with van der Waals surface area (Å²) in [5.74, 6) is 0.0208. The van der Waals surface area contributed by atoms with Gasteiger partial charge in [0.1, 0.15) is 6.26 Å². The predicted molar refractivity (Wildman–Crippen MR) is 106 cm³/mol. The van der Waals surface area contributed by atoms with Crippen molar-refractivity contribution in [2.24, 2.45) is 0 Å². The summed E-state index contributed by atoms with van der Waals surface area (Å²) in [5.41, 5.74) is 4.04. The summed E-state index contributed by atoms with van der Waals surface area (Å²) in [7, 11) is 0. The van der Waals surface area contributed by atoms with Crippen LogP contribution in [0.1, 0.15) is 12.5 Å². The quantitative estimate of drug-likeness (QED) is 0.454. The number of nitrogens with zero attached hydrogens (tertiary/aromatic N) is 1. The Bertz CT molecular complexity index is 1140. The lowest BCUT2D eigenvalue weighted by molar-refractivity contribution is -0.112. The van der Waals surface area contributed by atoms with Gasteiger partial charge in [-0.05, 0) is 36.8 Å². The number of furan rings is 1. The van der Waals surface area contributed by atoms with Crippen LogP contribution >= 0.6 is 11.6 Å². The molecule has 0 saturated heterocycles. The molecule has 128 valence electrons. The fourth-order valence-electron chi connectivity index (χ4n) is 2.83. The normalized spacial score (nSPS) is 11.5. The first-order valence-corrected chi connectivity index (χ1v) is 8.51. The average Bonchev–Trinajstić information content (AvgIpc) is 3.01. The highest BCUT2D eigenvalue weighted by Crippen LogP contribution is 2.38. The van der Waals surface area contributed by atoms with E-state index in [2.05, 4.69) is 10.3 Å². The third-order valence-corrected chi connectivity index (χ3v) is 4.34. The molecule has 0 saturated carbocycles. The number of halogens is 1. The molecule has 4 aromatic rings. The zero-order chi connectivity index (χ0) is 18.1. The molecule has 1 N–H and O–H groups in total. The van der Waals surface area contributed by atoms with Crippen molar-refractivity contribution in [3.63, 3.8) is 0 Å². The van der Waals surface area contributed by atoms with E-state index in [1.165, 1.54) is 13.2 Å². The highest BCUT2D eigenvalue weighted by Gasteiger charge is 2.15. The zero-order valence-electron chi connectivity index (χ0n) is 14.0. The van der Waals surface area contributed by atoms with Gasteiger partial charge in [0, 0.05) is 11.1 Å². The molecule has 0 radical (unpaired) electrons. The number of para-hydroxylation sites is 1. The molecule has 0 amide bonds. The Morgan fingerprint density at radius 1 is 1.15 bits per heavy atom. The average molecular weight is 363 g/mol. The lowest BCUT2D eigenvalue weighted by Crippen LogP contribution is -1.94. The number of benzene rings is 2. The number of carbonyl (C=O) groups is 1. The molecule has 2 aromatic heterocycles. The molecule has 26 heavy (non-hydrogen) atoms. The summed E-state index contributed by atoms with van der Waals surface area (Å²) in [6.45, 7) is 1.53. The van der Waals surface area contributed by atoms with Gasteiger partial charge in [-0.15, -0.1) is 0 Å². The van der Waals surface area contributed by atoms with E-state index in [0.717, 1.165) is 33.2 Å². The van der Waals surface area contributed by atoms with Crippen molar-refractivity contribution in [1.82, 2.24) is 4.98 Å². The maximum Gasteiger partial charge on any atom is 0.230 e. The smallest absolute Gasteiger partial charge is 0.230 e. The molecule has 0 aliphatic carbocycles. The van der Waals surface area contributed by atoms with Gasteiger partial charge < -0.3 is 9.73 Å². The van der Waals surface area contributed by atoms with Crippen LogP contribution in [0.5, 0.6) is 0 Å². The molecule has 0 unspecified atom stereocenters. The highest BCUT2D eigenvalue weighted by molar-refractivity contribution is 6.37. The van der Waals surface area contributed by atoms with Crippen molar-refractivity contribution in [1.29, 1.82) is 0 Å². The van der Waals surface area contributed by atoms with E-state index >= 15 is 0 Å².